The van der Waals surface area contributed by atoms with Gasteiger partial charge in [-0.25, -0.2) is 0 Å². The zero-order valence-electron chi connectivity index (χ0n) is 10.9. The fraction of sp³-hybridized carbons (Fsp3) is 0.538. The van der Waals surface area contributed by atoms with Gasteiger partial charge in [-0.2, -0.15) is 0 Å². The molecule has 0 fully saturated rings. The van der Waals surface area contributed by atoms with Crippen LogP contribution in [-0.4, -0.2) is 23.5 Å². The van der Waals surface area contributed by atoms with Gasteiger partial charge in [0.15, 0.2) is 0 Å². The van der Waals surface area contributed by atoms with Crippen LogP contribution < -0.4 is 5.32 Å². The maximum Gasteiger partial charge on any atom is 0.303 e. The predicted octanol–water partition coefficient (Wildman–Crippen LogP) is 2.13. The summed E-state index contributed by atoms with van der Waals surface area (Å²) < 4.78 is 5.28. The minimum absolute atomic E-state index is 0.0419. The molecule has 0 saturated carbocycles. The van der Waals surface area contributed by atoms with E-state index in [-0.39, 0.29) is 18.2 Å². The van der Waals surface area contributed by atoms with Crippen molar-refractivity contribution in [2.75, 3.05) is 6.54 Å². The summed E-state index contributed by atoms with van der Waals surface area (Å²) >= 11 is 0. The van der Waals surface area contributed by atoms with Gasteiger partial charge in [0.05, 0.1) is 5.56 Å². The number of carbonyl (C=O) groups excluding carboxylic acids is 1. The first-order valence-corrected chi connectivity index (χ1v) is 6.01. The summed E-state index contributed by atoms with van der Waals surface area (Å²) in [4.78, 5) is 22.5. The van der Waals surface area contributed by atoms with Crippen molar-refractivity contribution in [1.29, 1.82) is 0 Å². The minimum atomic E-state index is -0.841. The van der Waals surface area contributed by atoms with Gasteiger partial charge in [0, 0.05) is 13.0 Å². The van der Waals surface area contributed by atoms with Crippen molar-refractivity contribution >= 4 is 11.9 Å². The van der Waals surface area contributed by atoms with Crippen molar-refractivity contribution in [3.05, 3.63) is 23.2 Å². The number of carbonyl (C=O) groups is 2. The zero-order chi connectivity index (χ0) is 13.7. The molecule has 1 amide bonds. The lowest BCUT2D eigenvalue weighted by Crippen LogP contribution is -2.30. The second-order valence-electron chi connectivity index (χ2n) is 4.41. The number of carboxylic acids is 1. The molecule has 1 aromatic heterocycles. The number of hydrogen-bond acceptors (Lipinski definition) is 3. The second-order valence-corrected chi connectivity index (χ2v) is 4.41. The van der Waals surface area contributed by atoms with Crippen LogP contribution in [-0.2, 0) is 4.79 Å². The first-order valence-electron chi connectivity index (χ1n) is 6.01. The molecule has 0 radical (unpaired) electrons. The van der Waals surface area contributed by atoms with E-state index < -0.39 is 5.97 Å². The lowest BCUT2D eigenvalue weighted by Gasteiger charge is -2.13. The van der Waals surface area contributed by atoms with E-state index in [0.717, 1.165) is 6.42 Å². The standard InChI is InChI=1S/C13H19NO4/c1-4-10(6-12(15)16)7-14-13(17)11-5-8(2)18-9(11)3/h5,10H,4,6-7H2,1-3H3,(H,14,17)(H,15,16). The summed E-state index contributed by atoms with van der Waals surface area (Å²) in [5, 5.41) is 11.5. The van der Waals surface area contributed by atoms with Crippen molar-refractivity contribution in [2.24, 2.45) is 5.92 Å². The number of rotatable bonds is 6. The SMILES string of the molecule is CCC(CNC(=O)c1cc(C)oc1C)CC(=O)O. The molecule has 100 valence electrons. The molecule has 1 aromatic rings. The highest BCUT2D eigenvalue weighted by molar-refractivity contribution is 5.95. The predicted molar refractivity (Wildman–Crippen MR) is 66.5 cm³/mol. The summed E-state index contributed by atoms with van der Waals surface area (Å²) in [5.74, 6) is 0.172. The summed E-state index contributed by atoms with van der Waals surface area (Å²) in [7, 11) is 0. The Labute approximate surface area is 106 Å². The van der Waals surface area contributed by atoms with Crippen molar-refractivity contribution in [3.8, 4) is 0 Å². The zero-order valence-corrected chi connectivity index (χ0v) is 10.9. The highest BCUT2D eigenvalue weighted by atomic mass is 16.4. The van der Waals surface area contributed by atoms with Gasteiger partial charge in [0.1, 0.15) is 11.5 Å². The van der Waals surface area contributed by atoms with Gasteiger partial charge in [-0.3, -0.25) is 9.59 Å². The number of furan rings is 1. The molecule has 0 aromatic carbocycles. The van der Waals surface area contributed by atoms with Crippen LogP contribution >= 0.6 is 0 Å². The summed E-state index contributed by atoms with van der Waals surface area (Å²) in [6, 6.07) is 1.68. The van der Waals surface area contributed by atoms with Crippen LogP contribution in [0.5, 0.6) is 0 Å². The smallest absolute Gasteiger partial charge is 0.303 e. The average molecular weight is 253 g/mol. The summed E-state index contributed by atoms with van der Waals surface area (Å²) in [6.07, 6.45) is 0.788. The fourth-order valence-electron chi connectivity index (χ4n) is 1.80. The molecule has 1 atom stereocenters. The van der Waals surface area contributed by atoms with Crippen LogP contribution in [0, 0.1) is 19.8 Å². The fourth-order valence-corrected chi connectivity index (χ4v) is 1.80. The molecule has 5 heteroatoms. The Kier molecular flexibility index (Phi) is 4.95. The van der Waals surface area contributed by atoms with E-state index in [4.69, 9.17) is 9.52 Å². The van der Waals surface area contributed by atoms with Gasteiger partial charge in [0.25, 0.3) is 5.91 Å². The quantitative estimate of drug-likeness (QED) is 0.813. The van der Waals surface area contributed by atoms with E-state index in [9.17, 15) is 9.59 Å². The number of aliphatic carboxylic acids is 1. The lowest BCUT2D eigenvalue weighted by atomic mass is 10.0. The Morgan fingerprint density at radius 3 is 2.56 bits per heavy atom. The molecule has 0 saturated heterocycles. The van der Waals surface area contributed by atoms with Gasteiger partial charge < -0.3 is 14.8 Å². The molecule has 0 aliphatic rings. The van der Waals surface area contributed by atoms with Gasteiger partial charge in [-0.1, -0.05) is 13.3 Å². The van der Waals surface area contributed by atoms with E-state index >= 15 is 0 Å². The number of carboxylic acid groups (broad SMARTS) is 1. The monoisotopic (exact) mass is 253 g/mol. The Balaban J connectivity index is 2.55. The number of hydrogen-bond donors (Lipinski definition) is 2. The number of aryl methyl sites for hydroxylation is 2. The molecule has 0 bridgehead atoms. The van der Waals surface area contributed by atoms with E-state index in [0.29, 0.717) is 23.6 Å². The molecule has 0 aliphatic heterocycles. The maximum absolute atomic E-state index is 11.9. The largest absolute Gasteiger partial charge is 0.481 e. The minimum Gasteiger partial charge on any atom is -0.481 e. The van der Waals surface area contributed by atoms with Gasteiger partial charge in [-0.05, 0) is 25.8 Å². The first-order chi connectivity index (χ1) is 8.43. The Morgan fingerprint density at radius 1 is 1.44 bits per heavy atom. The molecular formula is C13H19NO4. The van der Waals surface area contributed by atoms with Gasteiger partial charge in [0.2, 0.25) is 0 Å². The van der Waals surface area contributed by atoms with Gasteiger partial charge in [-0.15, -0.1) is 0 Å². The van der Waals surface area contributed by atoms with Crippen LogP contribution in [0.15, 0.2) is 10.5 Å². The Hall–Kier alpha value is -1.78. The third-order valence-electron chi connectivity index (χ3n) is 2.88. The maximum atomic E-state index is 11.9. The van der Waals surface area contributed by atoms with E-state index in [1.807, 2.05) is 6.92 Å². The molecule has 2 N–H and O–H groups in total. The van der Waals surface area contributed by atoms with Crippen LogP contribution in [0.25, 0.3) is 0 Å². The number of amides is 1. The number of nitrogens with one attached hydrogen (secondary N) is 1. The van der Waals surface area contributed by atoms with Crippen LogP contribution in [0.2, 0.25) is 0 Å². The average Bonchev–Trinajstić information content (AvgIpc) is 2.62. The van der Waals surface area contributed by atoms with Crippen molar-refractivity contribution in [3.63, 3.8) is 0 Å². The highest BCUT2D eigenvalue weighted by Gasteiger charge is 2.16. The summed E-state index contributed by atoms with van der Waals surface area (Å²) in [6.45, 7) is 5.79. The Morgan fingerprint density at radius 2 is 2.11 bits per heavy atom. The molecule has 1 rings (SSSR count). The lowest BCUT2D eigenvalue weighted by molar-refractivity contribution is -0.138. The Bertz CT molecular complexity index is 436. The molecule has 5 nitrogen and oxygen atoms in total. The van der Waals surface area contributed by atoms with E-state index in [1.54, 1.807) is 19.9 Å². The normalized spacial score (nSPS) is 12.2. The van der Waals surface area contributed by atoms with Crippen molar-refractivity contribution < 1.29 is 19.1 Å². The van der Waals surface area contributed by atoms with Crippen LogP contribution in [0.4, 0.5) is 0 Å². The third-order valence-corrected chi connectivity index (χ3v) is 2.88. The molecule has 0 aliphatic carbocycles. The second kappa shape index (κ2) is 6.23. The third kappa shape index (κ3) is 3.91. The molecule has 0 spiro atoms. The highest BCUT2D eigenvalue weighted by Crippen LogP contribution is 2.14. The van der Waals surface area contributed by atoms with Crippen molar-refractivity contribution in [1.82, 2.24) is 5.32 Å². The molecule has 1 heterocycles. The van der Waals surface area contributed by atoms with Crippen LogP contribution in [0.3, 0.4) is 0 Å². The van der Waals surface area contributed by atoms with Crippen molar-refractivity contribution in [2.45, 2.75) is 33.6 Å². The van der Waals surface area contributed by atoms with Gasteiger partial charge >= 0.3 is 5.97 Å². The molecule has 1 unspecified atom stereocenters. The summed E-state index contributed by atoms with van der Waals surface area (Å²) in [5.41, 5.74) is 0.512. The molecular weight excluding hydrogens is 234 g/mol. The topological polar surface area (TPSA) is 79.5 Å². The molecule has 18 heavy (non-hydrogen) atoms. The first kappa shape index (κ1) is 14.3. The van der Waals surface area contributed by atoms with E-state index in [1.165, 1.54) is 0 Å². The van der Waals surface area contributed by atoms with E-state index in [2.05, 4.69) is 5.32 Å². The van der Waals surface area contributed by atoms with Crippen LogP contribution in [0.1, 0.15) is 41.6 Å².